The van der Waals surface area contributed by atoms with E-state index >= 15 is 0 Å². The van der Waals surface area contributed by atoms with E-state index in [1.54, 1.807) is 16.7 Å². The van der Waals surface area contributed by atoms with Crippen LogP contribution in [0.5, 0.6) is 5.75 Å². The fourth-order valence-corrected chi connectivity index (χ4v) is 5.25. The van der Waals surface area contributed by atoms with Crippen molar-refractivity contribution in [2.24, 2.45) is 5.41 Å². The largest absolute Gasteiger partial charge is 0.493 e. The third-order valence-corrected chi connectivity index (χ3v) is 7.62. The van der Waals surface area contributed by atoms with Crippen molar-refractivity contribution in [3.05, 3.63) is 57.1 Å². The van der Waals surface area contributed by atoms with Crippen LogP contribution in [-0.2, 0) is 0 Å². The summed E-state index contributed by atoms with van der Waals surface area (Å²) in [5.41, 5.74) is 2.59. The fourth-order valence-electron chi connectivity index (χ4n) is 4.41. The van der Waals surface area contributed by atoms with Crippen molar-refractivity contribution in [3.8, 4) is 5.75 Å². The van der Waals surface area contributed by atoms with Crippen LogP contribution in [0.3, 0.4) is 0 Å². The van der Waals surface area contributed by atoms with Gasteiger partial charge in [0.15, 0.2) is 4.74 Å². The lowest BCUT2D eigenvalue weighted by molar-refractivity contribution is 0.0510. The minimum absolute atomic E-state index is 0.0825. The molecule has 8 heteroatoms. The molecule has 0 spiro atoms. The molecule has 1 aliphatic heterocycles. The maximum absolute atomic E-state index is 8.24. The number of hydrogen-bond donors (Lipinski definition) is 2. The lowest BCUT2D eigenvalue weighted by atomic mass is 9.80. The number of benzene rings is 1. The van der Waals surface area contributed by atoms with E-state index in [0.717, 1.165) is 55.6 Å². The Labute approximate surface area is 207 Å². The van der Waals surface area contributed by atoms with E-state index in [4.69, 9.17) is 38.8 Å². The van der Waals surface area contributed by atoms with Crippen LogP contribution in [0, 0.1) is 16.2 Å². The predicted octanol–water partition coefficient (Wildman–Crippen LogP) is 6.57. The predicted molar refractivity (Wildman–Crippen MR) is 134 cm³/mol. The monoisotopic (exact) mass is 538 g/mol. The molecule has 1 aromatic heterocycles. The van der Waals surface area contributed by atoms with Crippen molar-refractivity contribution in [1.82, 2.24) is 9.47 Å². The van der Waals surface area contributed by atoms with Crippen molar-refractivity contribution < 1.29 is 4.74 Å². The normalized spacial score (nSPS) is 19.5. The molecule has 1 unspecified atom stereocenters. The minimum Gasteiger partial charge on any atom is -0.493 e. The number of piperidine rings is 1. The Morgan fingerprint density at radius 2 is 1.81 bits per heavy atom. The van der Waals surface area contributed by atoms with Crippen molar-refractivity contribution in [3.63, 3.8) is 0 Å². The Morgan fingerprint density at radius 1 is 1.19 bits per heavy atom. The average molecular weight is 540 g/mol. The van der Waals surface area contributed by atoms with E-state index in [2.05, 4.69) is 34.7 Å². The first-order valence-corrected chi connectivity index (χ1v) is 12.6. The van der Waals surface area contributed by atoms with Crippen LogP contribution < -0.4 is 10.2 Å². The molecule has 2 aromatic rings. The highest BCUT2D eigenvalue weighted by Gasteiger charge is 2.34. The van der Waals surface area contributed by atoms with Crippen LogP contribution in [0.1, 0.15) is 62.6 Å². The first kappa shape index (κ1) is 23.8. The van der Waals surface area contributed by atoms with Crippen molar-refractivity contribution in [2.75, 3.05) is 19.7 Å². The third-order valence-electron chi connectivity index (χ3n) is 6.81. The summed E-state index contributed by atoms with van der Waals surface area (Å²) in [5.74, 6) is 1.27. The lowest BCUT2D eigenvalue weighted by Gasteiger charge is -2.42. The van der Waals surface area contributed by atoms with Gasteiger partial charge in [0.1, 0.15) is 11.2 Å². The highest BCUT2D eigenvalue weighted by molar-refractivity contribution is 9.18. The van der Waals surface area contributed by atoms with Gasteiger partial charge in [-0.05, 0) is 91.3 Å². The molecule has 1 atom stereocenters. The van der Waals surface area contributed by atoms with Gasteiger partial charge in [0, 0.05) is 39.3 Å². The zero-order chi connectivity index (χ0) is 23.0. The van der Waals surface area contributed by atoms with Crippen molar-refractivity contribution in [2.45, 2.75) is 51.5 Å². The summed E-state index contributed by atoms with van der Waals surface area (Å²) in [7, 11) is 0. The van der Waals surface area contributed by atoms with Gasteiger partial charge >= 0.3 is 0 Å². The first-order valence-electron chi connectivity index (χ1n) is 11.0. The van der Waals surface area contributed by atoms with E-state index in [0.29, 0.717) is 22.6 Å². The second-order valence-corrected chi connectivity index (χ2v) is 11.1. The van der Waals surface area contributed by atoms with Gasteiger partial charge in [-0.2, -0.15) is 0 Å². The van der Waals surface area contributed by atoms with Crippen LogP contribution >= 0.6 is 39.1 Å². The Hall–Kier alpha value is -1.34. The van der Waals surface area contributed by atoms with Crippen molar-refractivity contribution >= 4 is 43.9 Å². The van der Waals surface area contributed by atoms with Gasteiger partial charge < -0.3 is 4.74 Å². The van der Waals surface area contributed by atoms with Gasteiger partial charge in [-0.25, -0.2) is 0 Å². The molecule has 1 saturated heterocycles. The highest BCUT2D eigenvalue weighted by Crippen LogP contribution is 2.44. The maximum Gasteiger partial charge on any atom is 0.175 e. The first-order chi connectivity index (χ1) is 15.1. The molecule has 2 fully saturated rings. The molecule has 1 saturated carbocycles. The van der Waals surface area contributed by atoms with Gasteiger partial charge in [-0.3, -0.25) is 20.3 Å². The molecule has 1 aliphatic carbocycles. The second kappa shape index (κ2) is 9.49. The molecule has 172 valence electrons. The molecule has 32 heavy (non-hydrogen) atoms. The fraction of sp³-hybridized carbons (Fsp3) is 0.500. The molecule has 2 N–H and O–H groups in total. The van der Waals surface area contributed by atoms with Gasteiger partial charge in [-0.15, -0.1) is 0 Å². The van der Waals surface area contributed by atoms with Gasteiger partial charge in [0.2, 0.25) is 0 Å². The van der Waals surface area contributed by atoms with Crippen molar-refractivity contribution in [1.29, 1.82) is 10.8 Å². The SMILES string of the molecule is CC(c1cc(Cl)cc(Cl)c1)N1CCC(C)(COc2cc(=N)n(C(=N)Br)cc2C2CC2)CC1. The van der Waals surface area contributed by atoms with Crippen LogP contribution in [0.4, 0.5) is 0 Å². The number of hydrogen-bond acceptors (Lipinski definition) is 4. The van der Waals surface area contributed by atoms with Gasteiger partial charge in [0.05, 0.1) is 6.61 Å². The maximum atomic E-state index is 8.24. The third kappa shape index (κ3) is 5.41. The topological polar surface area (TPSA) is 65.1 Å². The molecule has 0 amide bonds. The number of pyridine rings is 1. The summed E-state index contributed by atoms with van der Waals surface area (Å²) in [5, 5.41) is 17.4. The van der Waals surface area contributed by atoms with Crippen LogP contribution in [0.15, 0.2) is 30.5 Å². The smallest absolute Gasteiger partial charge is 0.175 e. The Kier molecular flexibility index (Phi) is 7.06. The molecule has 4 rings (SSSR count). The summed E-state index contributed by atoms with van der Waals surface area (Å²) in [4.78, 5) is 2.48. The zero-order valence-corrected chi connectivity index (χ0v) is 21.5. The second-order valence-electron chi connectivity index (χ2n) is 9.43. The van der Waals surface area contributed by atoms with E-state index in [1.807, 2.05) is 18.3 Å². The molecular weight excluding hydrogens is 511 g/mol. The Bertz CT molecular complexity index is 1050. The highest BCUT2D eigenvalue weighted by atomic mass is 79.9. The van der Waals surface area contributed by atoms with Crippen LogP contribution in [0.25, 0.3) is 0 Å². The summed E-state index contributed by atoms with van der Waals surface area (Å²) < 4.78 is 8.05. The lowest BCUT2D eigenvalue weighted by Crippen LogP contribution is -2.42. The van der Waals surface area contributed by atoms with E-state index < -0.39 is 0 Å². The van der Waals surface area contributed by atoms with Gasteiger partial charge in [0.25, 0.3) is 0 Å². The number of likely N-dealkylation sites (tertiary alicyclic amines) is 1. The van der Waals surface area contributed by atoms with Crippen LogP contribution in [-0.4, -0.2) is 33.9 Å². The molecule has 0 bridgehead atoms. The number of halogens is 3. The standard InChI is InChI=1S/C24H29BrCl2N4O/c1-15(17-9-18(26)11-19(27)10-17)30-7-5-24(2,6-8-30)14-32-21-12-22(28)31(23(25)29)13-20(21)16-3-4-16/h9-13,15-16,28-29H,3-8,14H2,1-2H3. The van der Waals surface area contributed by atoms with Crippen LogP contribution in [0.2, 0.25) is 10.0 Å². The average Bonchev–Trinajstić information content (AvgIpc) is 3.57. The Balaban J connectivity index is 1.41. The van der Waals surface area contributed by atoms with Gasteiger partial charge in [-0.1, -0.05) is 30.1 Å². The van der Waals surface area contributed by atoms with E-state index in [9.17, 15) is 0 Å². The Morgan fingerprint density at radius 3 is 2.38 bits per heavy atom. The number of rotatable bonds is 6. The quantitative estimate of drug-likeness (QED) is 0.322. The molecular formula is C24H29BrCl2N4O. The molecule has 0 radical (unpaired) electrons. The molecule has 2 heterocycles. The summed E-state index contributed by atoms with van der Waals surface area (Å²) >= 11 is 15.6. The molecule has 5 nitrogen and oxygen atoms in total. The van der Waals surface area contributed by atoms with E-state index in [-0.39, 0.29) is 21.7 Å². The summed E-state index contributed by atoms with van der Waals surface area (Å²) in [6, 6.07) is 7.79. The molecule has 1 aromatic carbocycles. The summed E-state index contributed by atoms with van der Waals surface area (Å²) in [6.07, 6.45) is 6.24. The summed E-state index contributed by atoms with van der Waals surface area (Å²) in [6.45, 7) is 7.10. The minimum atomic E-state index is 0.0825. The number of ether oxygens (including phenoxy) is 1. The number of nitrogens with zero attached hydrogens (tertiary/aromatic N) is 2. The molecule has 2 aliphatic rings. The number of nitrogens with one attached hydrogen (secondary N) is 2. The number of aromatic nitrogens is 1. The van der Waals surface area contributed by atoms with E-state index in [1.165, 1.54) is 0 Å². The zero-order valence-electron chi connectivity index (χ0n) is 18.4.